The lowest BCUT2D eigenvalue weighted by Gasteiger charge is -2.09. The largest absolute Gasteiger partial charge is 0.324 e. The van der Waals surface area contributed by atoms with E-state index in [0.717, 1.165) is 24.8 Å². The molecule has 0 aliphatic carbocycles. The fraction of sp³-hybridized carbons (Fsp3) is 0.400. The van der Waals surface area contributed by atoms with E-state index in [2.05, 4.69) is 10.3 Å². The monoisotopic (exact) mass is 226 g/mol. The summed E-state index contributed by atoms with van der Waals surface area (Å²) in [6, 6.07) is 1.27. The highest BCUT2D eigenvalue weighted by atomic mass is 32.2. The van der Waals surface area contributed by atoms with Crippen LogP contribution >= 0.6 is 11.8 Å². The van der Waals surface area contributed by atoms with Crippen LogP contribution in [0.3, 0.4) is 0 Å². The van der Waals surface area contributed by atoms with Crippen LogP contribution in [-0.4, -0.2) is 21.9 Å². The molecule has 1 amide bonds. The molecular formula is C10H11FN2OS. The lowest BCUT2D eigenvalue weighted by atomic mass is 10.2. The number of pyridine rings is 1. The summed E-state index contributed by atoms with van der Waals surface area (Å²) in [4.78, 5) is 15.3. The van der Waals surface area contributed by atoms with Gasteiger partial charge in [-0.25, -0.2) is 4.39 Å². The molecule has 5 heteroatoms. The zero-order valence-corrected chi connectivity index (χ0v) is 8.89. The number of amides is 1. The molecule has 80 valence electrons. The first-order chi connectivity index (χ1) is 7.25. The summed E-state index contributed by atoms with van der Waals surface area (Å²) in [7, 11) is 0. The van der Waals surface area contributed by atoms with Crippen LogP contribution in [0, 0.1) is 5.82 Å². The Morgan fingerprint density at radius 2 is 2.47 bits per heavy atom. The number of carbonyl (C=O) groups is 1. The van der Waals surface area contributed by atoms with Crippen molar-refractivity contribution < 1.29 is 9.18 Å². The highest BCUT2D eigenvalue weighted by Gasteiger charge is 2.23. The van der Waals surface area contributed by atoms with Crippen LogP contribution in [0.15, 0.2) is 18.5 Å². The number of nitrogens with zero attached hydrogens (tertiary/aromatic N) is 1. The SMILES string of the molecule is O=C(Nc1cncc(F)c1)C1CCCS1. The predicted octanol–water partition coefficient (Wildman–Crippen LogP) is 2.05. The molecule has 0 radical (unpaired) electrons. The zero-order valence-electron chi connectivity index (χ0n) is 8.07. The Labute approximate surface area is 91.5 Å². The second kappa shape index (κ2) is 4.61. The van der Waals surface area contributed by atoms with Crippen molar-refractivity contribution in [2.45, 2.75) is 18.1 Å². The van der Waals surface area contributed by atoms with E-state index in [1.807, 2.05) is 0 Å². The van der Waals surface area contributed by atoms with E-state index >= 15 is 0 Å². The predicted molar refractivity (Wildman–Crippen MR) is 58.3 cm³/mol. The minimum Gasteiger partial charge on any atom is -0.324 e. The number of halogens is 1. The first-order valence-corrected chi connectivity index (χ1v) is 5.83. The van der Waals surface area contributed by atoms with Crippen molar-refractivity contribution in [1.29, 1.82) is 0 Å². The number of hydrogen-bond acceptors (Lipinski definition) is 3. The number of hydrogen-bond donors (Lipinski definition) is 1. The van der Waals surface area contributed by atoms with E-state index in [1.165, 1.54) is 12.3 Å². The second-order valence-electron chi connectivity index (χ2n) is 3.38. The maximum atomic E-state index is 12.8. The Morgan fingerprint density at radius 3 is 3.13 bits per heavy atom. The molecule has 1 aromatic rings. The normalized spacial score (nSPS) is 20.2. The van der Waals surface area contributed by atoms with Crippen molar-refractivity contribution in [2.24, 2.45) is 0 Å². The Kier molecular flexibility index (Phi) is 3.20. The van der Waals surface area contributed by atoms with Crippen molar-refractivity contribution in [3.63, 3.8) is 0 Å². The molecular weight excluding hydrogens is 215 g/mol. The minimum absolute atomic E-state index is 0.00765. The molecule has 1 atom stereocenters. The summed E-state index contributed by atoms with van der Waals surface area (Å²) in [6.07, 6.45) is 4.53. The van der Waals surface area contributed by atoms with Gasteiger partial charge in [0.15, 0.2) is 0 Å². The molecule has 1 aromatic heterocycles. The highest BCUT2D eigenvalue weighted by molar-refractivity contribution is 8.00. The Morgan fingerprint density at radius 1 is 1.60 bits per heavy atom. The second-order valence-corrected chi connectivity index (χ2v) is 4.69. The van der Waals surface area contributed by atoms with E-state index < -0.39 is 5.82 Å². The Balaban J connectivity index is 1.99. The lowest BCUT2D eigenvalue weighted by molar-refractivity contribution is -0.115. The van der Waals surface area contributed by atoms with E-state index in [4.69, 9.17) is 0 Å². The number of thioether (sulfide) groups is 1. The summed E-state index contributed by atoms with van der Waals surface area (Å²) in [5.41, 5.74) is 0.424. The van der Waals surface area contributed by atoms with Gasteiger partial charge in [-0.05, 0) is 18.6 Å². The number of carbonyl (C=O) groups excluding carboxylic acids is 1. The number of nitrogens with one attached hydrogen (secondary N) is 1. The molecule has 0 spiro atoms. The summed E-state index contributed by atoms with van der Waals surface area (Å²) in [6.45, 7) is 0. The molecule has 0 aromatic carbocycles. The molecule has 1 fully saturated rings. The van der Waals surface area contributed by atoms with Crippen molar-refractivity contribution in [2.75, 3.05) is 11.1 Å². The molecule has 1 aliphatic heterocycles. The summed E-state index contributed by atoms with van der Waals surface area (Å²) in [5, 5.41) is 2.67. The van der Waals surface area contributed by atoms with Gasteiger partial charge >= 0.3 is 0 Å². The average Bonchev–Trinajstić information content (AvgIpc) is 2.70. The summed E-state index contributed by atoms with van der Waals surface area (Å²) in [5.74, 6) is 0.538. The van der Waals surface area contributed by atoms with Gasteiger partial charge in [0, 0.05) is 6.07 Å². The van der Waals surface area contributed by atoms with Gasteiger partial charge in [0.25, 0.3) is 0 Å². The first-order valence-electron chi connectivity index (χ1n) is 4.79. The molecule has 15 heavy (non-hydrogen) atoms. The van der Waals surface area contributed by atoms with Crippen LogP contribution in [0.4, 0.5) is 10.1 Å². The standard InChI is InChI=1S/C10H11FN2OS/c11-7-4-8(6-12-5-7)13-10(14)9-2-1-3-15-9/h4-6,9H,1-3H2,(H,13,14). The van der Waals surface area contributed by atoms with Crippen LogP contribution in [0.2, 0.25) is 0 Å². The molecule has 0 bridgehead atoms. The van der Waals surface area contributed by atoms with Crippen LogP contribution in [0.5, 0.6) is 0 Å². The van der Waals surface area contributed by atoms with Crippen molar-refractivity contribution in [3.8, 4) is 0 Å². The average molecular weight is 226 g/mol. The maximum absolute atomic E-state index is 12.8. The van der Waals surface area contributed by atoms with Gasteiger partial charge in [-0.2, -0.15) is 0 Å². The van der Waals surface area contributed by atoms with Crippen molar-refractivity contribution >= 4 is 23.4 Å². The first kappa shape index (κ1) is 10.4. The maximum Gasteiger partial charge on any atom is 0.237 e. The molecule has 0 saturated carbocycles. The van der Waals surface area contributed by atoms with Gasteiger partial charge < -0.3 is 5.32 Å². The minimum atomic E-state index is -0.438. The van der Waals surface area contributed by atoms with Crippen LogP contribution in [0.25, 0.3) is 0 Å². The van der Waals surface area contributed by atoms with Crippen molar-refractivity contribution in [1.82, 2.24) is 4.98 Å². The smallest absolute Gasteiger partial charge is 0.237 e. The lowest BCUT2D eigenvalue weighted by Crippen LogP contribution is -2.22. The van der Waals surface area contributed by atoms with Crippen LogP contribution in [0.1, 0.15) is 12.8 Å². The van der Waals surface area contributed by atoms with Gasteiger partial charge in [0.05, 0.1) is 23.3 Å². The van der Waals surface area contributed by atoms with Gasteiger partial charge in [0.1, 0.15) is 5.82 Å². The Hall–Kier alpha value is -1.10. The molecule has 2 heterocycles. The summed E-state index contributed by atoms with van der Waals surface area (Å²) < 4.78 is 12.8. The molecule has 2 rings (SSSR count). The number of anilines is 1. The topological polar surface area (TPSA) is 42.0 Å². The van der Waals surface area contributed by atoms with E-state index in [-0.39, 0.29) is 11.2 Å². The van der Waals surface area contributed by atoms with Crippen molar-refractivity contribution in [3.05, 3.63) is 24.3 Å². The van der Waals surface area contributed by atoms with Gasteiger partial charge in [-0.1, -0.05) is 0 Å². The van der Waals surface area contributed by atoms with E-state index in [9.17, 15) is 9.18 Å². The van der Waals surface area contributed by atoms with Crippen LogP contribution < -0.4 is 5.32 Å². The Bertz CT molecular complexity index is 366. The van der Waals surface area contributed by atoms with Gasteiger partial charge in [0.2, 0.25) is 5.91 Å². The highest BCUT2D eigenvalue weighted by Crippen LogP contribution is 2.27. The third-order valence-corrected chi connectivity index (χ3v) is 3.57. The zero-order chi connectivity index (χ0) is 10.7. The third-order valence-electron chi connectivity index (χ3n) is 2.19. The third kappa shape index (κ3) is 2.68. The summed E-state index contributed by atoms with van der Waals surface area (Å²) >= 11 is 1.65. The molecule has 3 nitrogen and oxygen atoms in total. The van der Waals surface area contributed by atoms with E-state index in [1.54, 1.807) is 11.8 Å². The molecule has 1 saturated heterocycles. The number of aromatic nitrogens is 1. The quantitative estimate of drug-likeness (QED) is 0.839. The fourth-order valence-corrected chi connectivity index (χ4v) is 2.65. The fourth-order valence-electron chi connectivity index (χ4n) is 1.49. The molecule has 1 aliphatic rings. The van der Waals surface area contributed by atoms with Gasteiger partial charge in [-0.15, -0.1) is 11.8 Å². The molecule has 1 unspecified atom stereocenters. The molecule has 1 N–H and O–H groups in total. The van der Waals surface area contributed by atoms with E-state index in [0.29, 0.717) is 5.69 Å². The number of rotatable bonds is 2. The van der Waals surface area contributed by atoms with Crippen LogP contribution in [-0.2, 0) is 4.79 Å². The van der Waals surface area contributed by atoms with Gasteiger partial charge in [-0.3, -0.25) is 9.78 Å².